The van der Waals surface area contributed by atoms with Crippen molar-refractivity contribution in [3.63, 3.8) is 0 Å². The lowest BCUT2D eigenvalue weighted by atomic mass is 9.94. The molecule has 4 atom stereocenters. The van der Waals surface area contributed by atoms with Crippen molar-refractivity contribution in [2.24, 2.45) is 0 Å². The molecule has 10 nitrogen and oxygen atoms in total. The molecule has 10 heteroatoms. The molecule has 36 heavy (non-hydrogen) atoms. The van der Waals surface area contributed by atoms with Crippen LogP contribution in [0.25, 0.3) is 0 Å². The zero-order valence-corrected chi connectivity index (χ0v) is 20.3. The number of para-hydroxylation sites is 1. The predicted octanol–water partition coefficient (Wildman–Crippen LogP) is 0.965. The van der Waals surface area contributed by atoms with Gasteiger partial charge in [-0.05, 0) is 25.0 Å². The number of benzene rings is 1. The molecular weight excluding hydrogens is 462 g/mol. The van der Waals surface area contributed by atoms with E-state index in [0.717, 1.165) is 13.1 Å². The number of carbonyl (C=O) groups excluding carboxylic acids is 2. The smallest absolute Gasteiger partial charge is 0.274 e. The lowest BCUT2D eigenvalue weighted by molar-refractivity contribution is -0.155. The van der Waals surface area contributed by atoms with Crippen molar-refractivity contribution in [1.82, 2.24) is 19.8 Å². The van der Waals surface area contributed by atoms with Crippen LogP contribution >= 0.6 is 0 Å². The van der Waals surface area contributed by atoms with Gasteiger partial charge < -0.3 is 29.3 Å². The van der Waals surface area contributed by atoms with Gasteiger partial charge in [0, 0.05) is 50.8 Å². The van der Waals surface area contributed by atoms with Crippen LogP contribution in [-0.4, -0.2) is 107 Å². The number of hydrogen-bond acceptors (Lipinski definition) is 8. The number of fused-ring (bicyclic) bond motifs is 1. The van der Waals surface area contributed by atoms with Crippen LogP contribution < -0.4 is 4.90 Å². The van der Waals surface area contributed by atoms with Crippen LogP contribution in [0.4, 0.5) is 5.69 Å². The number of hydrogen-bond donors (Lipinski definition) is 1. The van der Waals surface area contributed by atoms with Crippen LogP contribution in [-0.2, 0) is 14.3 Å². The van der Waals surface area contributed by atoms with E-state index in [1.54, 1.807) is 4.90 Å². The Labute approximate surface area is 210 Å². The Morgan fingerprint density at radius 3 is 2.58 bits per heavy atom. The van der Waals surface area contributed by atoms with E-state index in [1.807, 2.05) is 23.1 Å². The molecule has 3 aliphatic heterocycles. The number of amides is 2. The third-order valence-corrected chi connectivity index (χ3v) is 7.18. The number of aliphatic hydroxyl groups is 1. The predicted molar refractivity (Wildman–Crippen MR) is 131 cm³/mol. The Kier molecular flexibility index (Phi) is 7.74. The van der Waals surface area contributed by atoms with Crippen LogP contribution in [0, 0.1) is 0 Å². The maximum Gasteiger partial charge on any atom is 0.274 e. The SMILES string of the molecule is O=C(C[C@@H]1CC[C@H]2[C@@H](COC[C@H](O)CN2C(=O)c2cnccn2)O1)N1CCN(c2ccccc2)CC1. The third-order valence-electron chi connectivity index (χ3n) is 7.18. The molecule has 0 saturated carbocycles. The van der Waals surface area contributed by atoms with Crippen LogP contribution in [0.15, 0.2) is 48.9 Å². The van der Waals surface area contributed by atoms with Crippen molar-refractivity contribution in [2.45, 2.75) is 43.6 Å². The quantitative estimate of drug-likeness (QED) is 0.669. The molecule has 0 unspecified atom stereocenters. The van der Waals surface area contributed by atoms with E-state index in [4.69, 9.17) is 9.47 Å². The van der Waals surface area contributed by atoms with Gasteiger partial charge in [0.25, 0.3) is 5.91 Å². The number of rotatable bonds is 4. The van der Waals surface area contributed by atoms with E-state index >= 15 is 0 Å². The zero-order chi connectivity index (χ0) is 24.9. The van der Waals surface area contributed by atoms with Gasteiger partial charge in [-0.3, -0.25) is 14.6 Å². The molecule has 3 aliphatic rings. The Morgan fingerprint density at radius 2 is 1.83 bits per heavy atom. The molecule has 192 valence electrons. The molecule has 0 radical (unpaired) electrons. The van der Waals surface area contributed by atoms with Gasteiger partial charge in [0.15, 0.2) is 0 Å². The van der Waals surface area contributed by atoms with E-state index < -0.39 is 6.10 Å². The highest BCUT2D eigenvalue weighted by molar-refractivity contribution is 5.92. The molecule has 3 saturated heterocycles. The number of piperazine rings is 1. The second-order valence-electron chi connectivity index (χ2n) is 9.59. The molecule has 2 amide bonds. The first-order valence-electron chi connectivity index (χ1n) is 12.6. The molecule has 1 N–H and O–H groups in total. The Bertz CT molecular complexity index is 1020. The van der Waals surface area contributed by atoms with Gasteiger partial charge in [-0.1, -0.05) is 18.2 Å². The van der Waals surface area contributed by atoms with Gasteiger partial charge in [-0.2, -0.15) is 0 Å². The Hall–Kier alpha value is -3.08. The summed E-state index contributed by atoms with van der Waals surface area (Å²) in [6, 6.07) is 9.99. The molecule has 2 aromatic rings. The molecule has 5 rings (SSSR count). The average molecular weight is 496 g/mol. The van der Waals surface area contributed by atoms with Gasteiger partial charge in [-0.15, -0.1) is 0 Å². The highest BCUT2D eigenvalue weighted by Gasteiger charge is 2.41. The fraction of sp³-hybridized carbons (Fsp3) is 0.538. The van der Waals surface area contributed by atoms with Gasteiger partial charge in [-0.25, -0.2) is 4.98 Å². The molecule has 1 aromatic carbocycles. The zero-order valence-electron chi connectivity index (χ0n) is 20.3. The van der Waals surface area contributed by atoms with Gasteiger partial charge in [0.05, 0.1) is 44.1 Å². The fourth-order valence-corrected chi connectivity index (χ4v) is 5.31. The van der Waals surface area contributed by atoms with Crippen molar-refractivity contribution >= 4 is 17.5 Å². The van der Waals surface area contributed by atoms with E-state index in [-0.39, 0.29) is 55.5 Å². The van der Waals surface area contributed by atoms with Crippen LogP contribution in [0.3, 0.4) is 0 Å². The number of carbonyl (C=O) groups is 2. The molecule has 4 heterocycles. The standard InChI is InChI=1S/C26H33N5O5/c32-20-16-31(26(34)22-15-27-8-9-28-22)23-7-6-21(36-24(23)18-35-17-20)14-25(33)30-12-10-29(11-13-30)19-4-2-1-3-5-19/h1-5,8-9,15,20-21,23-24,32H,6-7,10-14,16-18H2/t20-,21+,23+,24-/m1/s1. The fourth-order valence-electron chi connectivity index (χ4n) is 5.31. The first kappa shape index (κ1) is 24.6. The number of aliphatic hydroxyl groups excluding tert-OH is 1. The monoisotopic (exact) mass is 495 g/mol. The largest absolute Gasteiger partial charge is 0.389 e. The van der Waals surface area contributed by atoms with Crippen molar-refractivity contribution < 1.29 is 24.2 Å². The van der Waals surface area contributed by atoms with Gasteiger partial charge in [0.2, 0.25) is 5.91 Å². The van der Waals surface area contributed by atoms with Crippen molar-refractivity contribution in [1.29, 1.82) is 0 Å². The topological polar surface area (TPSA) is 108 Å². The molecule has 0 aliphatic carbocycles. The summed E-state index contributed by atoms with van der Waals surface area (Å²) in [6.07, 6.45) is 4.66. The minimum absolute atomic E-state index is 0.0980. The summed E-state index contributed by atoms with van der Waals surface area (Å²) < 4.78 is 12.0. The molecule has 1 aromatic heterocycles. The minimum Gasteiger partial charge on any atom is -0.389 e. The molecule has 3 fully saturated rings. The van der Waals surface area contributed by atoms with E-state index in [9.17, 15) is 14.7 Å². The Balaban J connectivity index is 1.18. The molecule has 0 spiro atoms. The maximum atomic E-state index is 13.2. The number of nitrogens with zero attached hydrogens (tertiary/aromatic N) is 5. The highest BCUT2D eigenvalue weighted by atomic mass is 16.5. The molecule has 0 bridgehead atoms. The lowest BCUT2D eigenvalue weighted by Gasteiger charge is -2.44. The highest BCUT2D eigenvalue weighted by Crippen LogP contribution is 2.29. The summed E-state index contributed by atoms with van der Waals surface area (Å²) in [6.45, 7) is 3.50. The maximum absolute atomic E-state index is 13.2. The van der Waals surface area contributed by atoms with Gasteiger partial charge in [0.1, 0.15) is 11.8 Å². The number of aromatic nitrogens is 2. The van der Waals surface area contributed by atoms with Crippen molar-refractivity contribution in [2.75, 3.05) is 50.8 Å². The number of β-amino-alcohol motifs (C(OH)–C–C–N with tert-alkyl or cyclic N) is 1. The molecular formula is C26H33N5O5. The number of ether oxygens (including phenoxy) is 2. The normalized spacial score (nSPS) is 27.1. The first-order valence-corrected chi connectivity index (χ1v) is 12.6. The first-order chi connectivity index (χ1) is 17.6. The summed E-state index contributed by atoms with van der Waals surface area (Å²) in [5.41, 5.74) is 1.41. The Morgan fingerprint density at radius 1 is 1.03 bits per heavy atom. The van der Waals surface area contributed by atoms with Crippen LogP contribution in [0.1, 0.15) is 29.8 Å². The number of anilines is 1. The van der Waals surface area contributed by atoms with E-state index in [2.05, 4.69) is 27.0 Å². The second-order valence-corrected chi connectivity index (χ2v) is 9.59. The summed E-state index contributed by atoms with van der Waals surface area (Å²) in [5, 5.41) is 10.3. The third kappa shape index (κ3) is 5.66. The van der Waals surface area contributed by atoms with E-state index in [1.165, 1.54) is 24.3 Å². The van der Waals surface area contributed by atoms with Crippen molar-refractivity contribution in [3.8, 4) is 0 Å². The van der Waals surface area contributed by atoms with Crippen molar-refractivity contribution in [3.05, 3.63) is 54.6 Å². The average Bonchev–Trinajstić information content (AvgIpc) is 2.92. The summed E-state index contributed by atoms with van der Waals surface area (Å²) in [7, 11) is 0. The minimum atomic E-state index is -0.791. The second kappa shape index (κ2) is 11.3. The van der Waals surface area contributed by atoms with Gasteiger partial charge >= 0.3 is 0 Å². The van der Waals surface area contributed by atoms with Crippen LogP contribution in [0.2, 0.25) is 0 Å². The van der Waals surface area contributed by atoms with Crippen LogP contribution in [0.5, 0.6) is 0 Å². The summed E-state index contributed by atoms with van der Waals surface area (Å²) >= 11 is 0. The van der Waals surface area contributed by atoms with E-state index in [0.29, 0.717) is 32.4 Å². The summed E-state index contributed by atoms with van der Waals surface area (Å²) in [5.74, 6) is -0.186. The summed E-state index contributed by atoms with van der Waals surface area (Å²) in [4.78, 5) is 40.3. The lowest BCUT2D eigenvalue weighted by Crippen LogP contribution is -2.58.